The summed E-state index contributed by atoms with van der Waals surface area (Å²) in [6.07, 6.45) is 6.16. The number of rotatable bonds is 3. The SMILES string of the molecule is CC1CCCNC1C(=O)N1CCCC1C(=O)NC1CC1. The minimum atomic E-state index is -0.237. The summed E-state index contributed by atoms with van der Waals surface area (Å²) in [6, 6.07) is 0.0314. The Hall–Kier alpha value is -1.10. The van der Waals surface area contributed by atoms with Gasteiger partial charge in [0.2, 0.25) is 11.8 Å². The van der Waals surface area contributed by atoms with Gasteiger partial charge in [0.15, 0.2) is 0 Å². The molecule has 0 bridgehead atoms. The first-order valence-electron chi connectivity index (χ1n) is 8.01. The smallest absolute Gasteiger partial charge is 0.243 e. The van der Waals surface area contributed by atoms with Gasteiger partial charge in [0.1, 0.15) is 6.04 Å². The van der Waals surface area contributed by atoms with Crippen LogP contribution in [0.1, 0.15) is 45.4 Å². The fourth-order valence-electron chi connectivity index (χ4n) is 3.39. The predicted octanol–water partition coefficient (Wildman–Crippen LogP) is 0.644. The Morgan fingerprint density at radius 1 is 1.15 bits per heavy atom. The third-order valence-electron chi connectivity index (χ3n) is 4.80. The molecule has 2 N–H and O–H groups in total. The first-order valence-corrected chi connectivity index (χ1v) is 8.01. The largest absolute Gasteiger partial charge is 0.352 e. The standard InChI is InChI=1S/C15H25N3O2/c1-10-4-2-8-16-13(10)15(20)18-9-3-5-12(18)14(19)17-11-6-7-11/h10-13,16H,2-9H2,1H3,(H,17,19). The van der Waals surface area contributed by atoms with Gasteiger partial charge in [-0.1, -0.05) is 6.92 Å². The van der Waals surface area contributed by atoms with Gasteiger partial charge >= 0.3 is 0 Å². The van der Waals surface area contributed by atoms with E-state index >= 15 is 0 Å². The van der Waals surface area contributed by atoms with Crippen LogP contribution in [0.15, 0.2) is 0 Å². The maximum absolute atomic E-state index is 12.7. The molecule has 5 heteroatoms. The van der Waals surface area contributed by atoms with Gasteiger partial charge < -0.3 is 15.5 Å². The van der Waals surface area contributed by atoms with Gasteiger partial charge in [0.05, 0.1) is 6.04 Å². The third kappa shape index (κ3) is 2.82. The Morgan fingerprint density at radius 3 is 2.65 bits per heavy atom. The second-order valence-corrected chi connectivity index (χ2v) is 6.52. The Labute approximate surface area is 120 Å². The molecule has 5 nitrogen and oxygen atoms in total. The molecule has 2 amide bonds. The molecule has 0 aromatic rings. The lowest BCUT2D eigenvalue weighted by Crippen LogP contribution is -2.56. The minimum absolute atomic E-state index is 0.0572. The third-order valence-corrected chi connectivity index (χ3v) is 4.80. The van der Waals surface area contributed by atoms with Crippen molar-refractivity contribution in [1.29, 1.82) is 0 Å². The maximum Gasteiger partial charge on any atom is 0.243 e. The van der Waals surface area contributed by atoms with E-state index in [1.54, 1.807) is 0 Å². The molecule has 3 fully saturated rings. The highest BCUT2D eigenvalue weighted by atomic mass is 16.2. The number of nitrogens with zero attached hydrogens (tertiary/aromatic N) is 1. The van der Waals surface area contributed by atoms with Gasteiger partial charge in [0, 0.05) is 12.6 Å². The Morgan fingerprint density at radius 2 is 1.95 bits per heavy atom. The van der Waals surface area contributed by atoms with Crippen molar-refractivity contribution in [2.45, 2.75) is 63.6 Å². The molecule has 112 valence electrons. The van der Waals surface area contributed by atoms with Crippen molar-refractivity contribution in [2.75, 3.05) is 13.1 Å². The lowest BCUT2D eigenvalue weighted by Gasteiger charge is -2.34. The van der Waals surface area contributed by atoms with Crippen molar-refractivity contribution < 1.29 is 9.59 Å². The van der Waals surface area contributed by atoms with E-state index in [9.17, 15) is 9.59 Å². The second kappa shape index (κ2) is 5.72. The fourth-order valence-corrected chi connectivity index (χ4v) is 3.39. The summed E-state index contributed by atoms with van der Waals surface area (Å²) in [5, 5.41) is 6.38. The molecule has 0 radical (unpaired) electrons. The molecule has 20 heavy (non-hydrogen) atoms. The van der Waals surface area contributed by atoms with Gasteiger partial charge in [-0.2, -0.15) is 0 Å². The lowest BCUT2D eigenvalue weighted by atomic mass is 9.91. The Kier molecular flexibility index (Phi) is 3.96. The number of amides is 2. The van der Waals surface area contributed by atoms with Crippen molar-refractivity contribution in [2.24, 2.45) is 5.92 Å². The van der Waals surface area contributed by atoms with Gasteiger partial charge in [0.25, 0.3) is 0 Å². The number of hydrogen-bond acceptors (Lipinski definition) is 3. The highest BCUT2D eigenvalue weighted by molar-refractivity contribution is 5.90. The maximum atomic E-state index is 12.7. The van der Waals surface area contributed by atoms with Crippen molar-refractivity contribution in [3.8, 4) is 0 Å². The average Bonchev–Trinajstić information content (AvgIpc) is 3.11. The van der Waals surface area contributed by atoms with Crippen LogP contribution < -0.4 is 10.6 Å². The summed E-state index contributed by atoms with van der Waals surface area (Å²) < 4.78 is 0. The first-order chi connectivity index (χ1) is 9.66. The molecule has 3 rings (SSSR count). The minimum Gasteiger partial charge on any atom is -0.352 e. The van der Waals surface area contributed by atoms with Crippen LogP contribution in [-0.2, 0) is 9.59 Å². The lowest BCUT2D eigenvalue weighted by molar-refractivity contribution is -0.141. The summed E-state index contributed by atoms with van der Waals surface area (Å²) in [5.41, 5.74) is 0. The van der Waals surface area contributed by atoms with E-state index < -0.39 is 0 Å². The summed E-state index contributed by atoms with van der Waals surface area (Å²) in [6.45, 7) is 3.77. The molecule has 0 aromatic carbocycles. The summed E-state index contributed by atoms with van der Waals surface area (Å²) in [5.74, 6) is 0.552. The van der Waals surface area contributed by atoms with Crippen LogP contribution in [0.4, 0.5) is 0 Å². The van der Waals surface area contributed by atoms with Crippen LogP contribution in [0.3, 0.4) is 0 Å². The highest BCUT2D eigenvalue weighted by Gasteiger charge is 2.40. The molecule has 1 aliphatic carbocycles. The van der Waals surface area contributed by atoms with E-state index in [1.807, 2.05) is 4.90 Å². The molecule has 3 atom stereocenters. The summed E-state index contributed by atoms with van der Waals surface area (Å²) in [4.78, 5) is 26.8. The number of piperidine rings is 1. The van der Waals surface area contributed by atoms with Gasteiger partial charge in [-0.15, -0.1) is 0 Å². The fraction of sp³-hybridized carbons (Fsp3) is 0.867. The van der Waals surface area contributed by atoms with Crippen molar-refractivity contribution in [3.63, 3.8) is 0 Å². The molecule has 0 spiro atoms. The Balaban J connectivity index is 1.64. The van der Waals surface area contributed by atoms with Gasteiger partial charge in [-0.25, -0.2) is 0 Å². The molecule has 0 aromatic heterocycles. The number of carbonyl (C=O) groups is 2. The second-order valence-electron chi connectivity index (χ2n) is 6.52. The van der Waals surface area contributed by atoms with Crippen LogP contribution in [0.2, 0.25) is 0 Å². The number of carbonyl (C=O) groups excluding carboxylic acids is 2. The van der Waals surface area contributed by atoms with Gasteiger partial charge in [-0.05, 0) is 51.0 Å². The van der Waals surface area contributed by atoms with E-state index in [0.717, 1.165) is 51.6 Å². The van der Waals surface area contributed by atoms with Crippen molar-refractivity contribution in [1.82, 2.24) is 15.5 Å². The average molecular weight is 279 g/mol. The quantitative estimate of drug-likeness (QED) is 0.797. The van der Waals surface area contributed by atoms with E-state index in [0.29, 0.717) is 12.0 Å². The van der Waals surface area contributed by atoms with Crippen LogP contribution in [0.5, 0.6) is 0 Å². The normalized spacial score (nSPS) is 34.0. The van der Waals surface area contributed by atoms with E-state index in [4.69, 9.17) is 0 Å². The monoisotopic (exact) mass is 279 g/mol. The molecule has 2 saturated heterocycles. The topological polar surface area (TPSA) is 61.4 Å². The molecule has 2 heterocycles. The molecular formula is C15H25N3O2. The number of nitrogens with one attached hydrogen (secondary N) is 2. The molecular weight excluding hydrogens is 254 g/mol. The first kappa shape index (κ1) is 13.9. The van der Waals surface area contributed by atoms with Gasteiger partial charge in [-0.3, -0.25) is 9.59 Å². The zero-order valence-electron chi connectivity index (χ0n) is 12.2. The van der Waals surface area contributed by atoms with E-state index in [2.05, 4.69) is 17.6 Å². The number of hydrogen-bond donors (Lipinski definition) is 2. The molecule has 3 unspecified atom stereocenters. The summed E-state index contributed by atoms with van der Waals surface area (Å²) in [7, 11) is 0. The van der Waals surface area contributed by atoms with Crippen LogP contribution in [-0.4, -0.2) is 47.9 Å². The number of likely N-dealkylation sites (tertiary alicyclic amines) is 1. The highest BCUT2D eigenvalue weighted by Crippen LogP contribution is 2.25. The zero-order chi connectivity index (χ0) is 14.1. The Bertz CT molecular complexity index is 395. The van der Waals surface area contributed by atoms with Crippen molar-refractivity contribution >= 4 is 11.8 Å². The molecule has 1 saturated carbocycles. The van der Waals surface area contributed by atoms with Crippen LogP contribution in [0, 0.1) is 5.92 Å². The summed E-state index contributed by atoms with van der Waals surface area (Å²) >= 11 is 0. The molecule has 3 aliphatic rings. The van der Waals surface area contributed by atoms with Crippen LogP contribution in [0.25, 0.3) is 0 Å². The van der Waals surface area contributed by atoms with Crippen LogP contribution >= 0.6 is 0 Å². The molecule has 2 aliphatic heterocycles. The predicted molar refractivity (Wildman–Crippen MR) is 76.1 cm³/mol. The van der Waals surface area contributed by atoms with Crippen molar-refractivity contribution in [3.05, 3.63) is 0 Å². The van der Waals surface area contributed by atoms with E-state index in [1.165, 1.54) is 0 Å². The zero-order valence-corrected chi connectivity index (χ0v) is 12.2. The van der Waals surface area contributed by atoms with E-state index in [-0.39, 0.29) is 23.9 Å².